The Morgan fingerprint density at radius 1 is 0.647 bits per heavy atom. The monoisotopic (exact) mass is 242 g/mol. The normalized spacial score (nSPS) is 10.6. The van der Waals surface area contributed by atoms with Gasteiger partial charge in [0.05, 0.1) is 6.61 Å². The molecule has 2 N–H and O–H groups in total. The Balaban J connectivity index is 2.91. The van der Waals surface area contributed by atoms with E-state index in [1.165, 1.54) is 44.9 Å². The molecule has 0 aromatic carbocycles. The fourth-order valence-corrected chi connectivity index (χ4v) is 1.99. The van der Waals surface area contributed by atoms with Gasteiger partial charge in [-0.1, -0.05) is 57.8 Å². The number of unbranched alkanes of at least 4 members (excludes halogenated alkanes) is 10. The van der Waals surface area contributed by atoms with Crippen LogP contribution in [0.15, 0.2) is 0 Å². The van der Waals surface area contributed by atoms with Crippen molar-refractivity contribution in [1.29, 1.82) is 0 Å². The molecular formula is C14H28NO2. The highest BCUT2D eigenvalue weighted by molar-refractivity contribution is 5.73. The van der Waals surface area contributed by atoms with Crippen molar-refractivity contribution in [1.82, 2.24) is 0 Å². The van der Waals surface area contributed by atoms with E-state index in [1.807, 2.05) is 0 Å². The van der Waals surface area contributed by atoms with Gasteiger partial charge in [-0.25, -0.2) is 5.11 Å². The maximum absolute atomic E-state index is 10.5. The van der Waals surface area contributed by atoms with Gasteiger partial charge in [0, 0.05) is 6.42 Å². The first-order valence-electron chi connectivity index (χ1n) is 7.14. The summed E-state index contributed by atoms with van der Waals surface area (Å²) in [5, 5.41) is 10.2. The molecular weight excluding hydrogens is 214 g/mol. The van der Waals surface area contributed by atoms with Crippen LogP contribution in [0.4, 0.5) is 0 Å². The molecule has 0 aliphatic rings. The lowest BCUT2D eigenvalue weighted by Gasteiger charge is -2.02. The van der Waals surface area contributed by atoms with Crippen LogP contribution in [0.3, 0.4) is 0 Å². The number of hydrogen-bond donors (Lipinski definition) is 1. The predicted octanol–water partition coefficient (Wildman–Crippen LogP) is 3.58. The summed E-state index contributed by atoms with van der Waals surface area (Å²) in [6.45, 7) is 0.0886. The van der Waals surface area contributed by atoms with Gasteiger partial charge in [-0.2, -0.15) is 0 Å². The van der Waals surface area contributed by atoms with Crippen LogP contribution in [0.1, 0.15) is 77.0 Å². The average Bonchev–Trinajstić information content (AvgIpc) is 2.30. The van der Waals surface area contributed by atoms with Gasteiger partial charge in [0.1, 0.15) is 0 Å². The first kappa shape index (κ1) is 16.4. The third-order valence-corrected chi connectivity index (χ3v) is 3.07. The molecule has 101 valence electrons. The van der Waals surface area contributed by atoms with Crippen molar-refractivity contribution in [2.75, 3.05) is 6.61 Å². The Hall–Kier alpha value is -0.570. The van der Waals surface area contributed by atoms with Crippen LogP contribution in [-0.2, 0) is 9.90 Å². The molecule has 0 aromatic heterocycles. The molecule has 0 unspecified atom stereocenters. The molecule has 0 atom stereocenters. The largest absolute Gasteiger partial charge is 0.370 e. The first-order chi connectivity index (χ1) is 8.27. The minimum absolute atomic E-state index is 0.0886. The van der Waals surface area contributed by atoms with Crippen LogP contribution in [-0.4, -0.2) is 12.5 Å². The standard InChI is InChI=1S/C14H28NO2/c15-14(17)12-10-8-6-4-2-1-3-5-7-9-11-13-16/h1-13H2,(H2,15,17). The second-order valence-electron chi connectivity index (χ2n) is 4.81. The maximum Gasteiger partial charge on any atom is 0.217 e. The van der Waals surface area contributed by atoms with E-state index in [2.05, 4.69) is 0 Å². The van der Waals surface area contributed by atoms with Gasteiger partial charge in [-0.3, -0.25) is 4.79 Å². The molecule has 0 aliphatic carbocycles. The molecule has 0 saturated carbocycles. The predicted molar refractivity (Wildman–Crippen MR) is 70.2 cm³/mol. The van der Waals surface area contributed by atoms with E-state index in [-0.39, 0.29) is 12.5 Å². The van der Waals surface area contributed by atoms with Crippen LogP contribution in [0.5, 0.6) is 0 Å². The topological polar surface area (TPSA) is 63.0 Å². The number of rotatable bonds is 13. The summed E-state index contributed by atoms with van der Waals surface area (Å²) in [5.74, 6) is -0.178. The lowest BCUT2D eigenvalue weighted by atomic mass is 10.1. The maximum atomic E-state index is 10.5. The quantitative estimate of drug-likeness (QED) is 0.493. The molecule has 0 heterocycles. The molecule has 0 saturated heterocycles. The van der Waals surface area contributed by atoms with Crippen molar-refractivity contribution in [2.24, 2.45) is 5.73 Å². The van der Waals surface area contributed by atoms with Crippen LogP contribution in [0, 0.1) is 0 Å². The van der Waals surface area contributed by atoms with Crippen molar-refractivity contribution in [2.45, 2.75) is 77.0 Å². The zero-order valence-electron chi connectivity index (χ0n) is 11.1. The Morgan fingerprint density at radius 3 is 1.35 bits per heavy atom. The summed E-state index contributed by atoms with van der Waals surface area (Å²) in [6, 6.07) is 0. The van der Waals surface area contributed by atoms with E-state index in [0.29, 0.717) is 6.42 Å². The van der Waals surface area contributed by atoms with Crippen molar-refractivity contribution in [3.05, 3.63) is 0 Å². The van der Waals surface area contributed by atoms with E-state index >= 15 is 0 Å². The summed E-state index contributed by atoms with van der Waals surface area (Å²) < 4.78 is 0. The fourth-order valence-electron chi connectivity index (χ4n) is 1.99. The minimum Gasteiger partial charge on any atom is -0.370 e. The molecule has 0 rings (SSSR count). The molecule has 3 heteroatoms. The summed E-state index contributed by atoms with van der Waals surface area (Å²) in [6.07, 6.45) is 13.5. The SMILES string of the molecule is NC(=O)CCCCCCCCCCCCC[O]. The number of carbonyl (C=O) groups excluding carboxylic acids is 1. The zero-order chi connectivity index (χ0) is 12.8. The lowest BCUT2D eigenvalue weighted by Crippen LogP contribution is -2.09. The third kappa shape index (κ3) is 15.4. The van der Waals surface area contributed by atoms with Gasteiger partial charge >= 0.3 is 0 Å². The zero-order valence-corrected chi connectivity index (χ0v) is 11.1. The smallest absolute Gasteiger partial charge is 0.217 e. The van der Waals surface area contributed by atoms with Crippen LogP contribution < -0.4 is 5.73 Å². The van der Waals surface area contributed by atoms with Crippen LogP contribution in [0.2, 0.25) is 0 Å². The number of nitrogens with two attached hydrogens (primary N) is 1. The van der Waals surface area contributed by atoms with Crippen molar-refractivity contribution >= 4 is 5.91 Å². The van der Waals surface area contributed by atoms with E-state index in [9.17, 15) is 9.90 Å². The van der Waals surface area contributed by atoms with E-state index < -0.39 is 0 Å². The van der Waals surface area contributed by atoms with E-state index in [1.54, 1.807) is 0 Å². The van der Waals surface area contributed by atoms with Gasteiger partial charge < -0.3 is 5.73 Å². The molecule has 1 amide bonds. The summed E-state index contributed by atoms with van der Waals surface area (Å²) in [4.78, 5) is 10.5. The van der Waals surface area contributed by atoms with Gasteiger partial charge in [-0.05, 0) is 12.8 Å². The highest BCUT2D eigenvalue weighted by Crippen LogP contribution is 2.11. The van der Waals surface area contributed by atoms with Crippen molar-refractivity contribution < 1.29 is 9.90 Å². The highest BCUT2D eigenvalue weighted by Gasteiger charge is 1.95. The Kier molecular flexibility index (Phi) is 13.0. The second kappa shape index (κ2) is 13.5. The highest BCUT2D eigenvalue weighted by atomic mass is 16.2. The molecule has 17 heavy (non-hydrogen) atoms. The summed E-state index contributed by atoms with van der Waals surface area (Å²) in [7, 11) is 0. The molecule has 0 aliphatic heterocycles. The van der Waals surface area contributed by atoms with E-state index in [0.717, 1.165) is 25.7 Å². The molecule has 3 nitrogen and oxygen atoms in total. The first-order valence-corrected chi connectivity index (χ1v) is 7.14. The minimum atomic E-state index is -0.178. The lowest BCUT2D eigenvalue weighted by molar-refractivity contribution is -0.118. The van der Waals surface area contributed by atoms with Gasteiger partial charge in [0.2, 0.25) is 5.91 Å². The third-order valence-electron chi connectivity index (χ3n) is 3.07. The van der Waals surface area contributed by atoms with Gasteiger partial charge in [-0.15, -0.1) is 0 Å². The number of carbonyl (C=O) groups is 1. The van der Waals surface area contributed by atoms with Gasteiger partial charge in [0.25, 0.3) is 0 Å². The molecule has 0 bridgehead atoms. The fraction of sp³-hybridized carbons (Fsp3) is 0.929. The Labute approximate surface area is 106 Å². The summed E-state index contributed by atoms with van der Waals surface area (Å²) in [5.41, 5.74) is 5.06. The average molecular weight is 242 g/mol. The molecule has 0 spiro atoms. The van der Waals surface area contributed by atoms with Crippen molar-refractivity contribution in [3.8, 4) is 0 Å². The molecule has 0 aromatic rings. The van der Waals surface area contributed by atoms with E-state index in [4.69, 9.17) is 5.73 Å². The van der Waals surface area contributed by atoms with Crippen LogP contribution >= 0.6 is 0 Å². The molecule has 1 radical (unpaired) electrons. The molecule has 0 fully saturated rings. The summed E-state index contributed by atoms with van der Waals surface area (Å²) >= 11 is 0. The Bertz CT molecular complexity index is 172. The number of hydrogen-bond acceptors (Lipinski definition) is 1. The number of primary amides is 1. The Morgan fingerprint density at radius 2 is 1.00 bits per heavy atom. The van der Waals surface area contributed by atoms with Crippen LogP contribution in [0.25, 0.3) is 0 Å². The number of amides is 1. The second-order valence-corrected chi connectivity index (χ2v) is 4.81. The van der Waals surface area contributed by atoms with Gasteiger partial charge in [0.15, 0.2) is 0 Å². The van der Waals surface area contributed by atoms with Crippen molar-refractivity contribution in [3.63, 3.8) is 0 Å².